The highest BCUT2D eigenvalue weighted by atomic mass is 16.6. The van der Waals surface area contributed by atoms with Crippen LogP contribution in [0.15, 0.2) is 23.5 Å². The summed E-state index contributed by atoms with van der Waals surface area (Å²) < 4.78 is 17.4. The normalized spacial score (nSPS) is 48.6. The molecule has 3 heterocycles. The van der Waals surface area contributed by atoms with Crippen LogP contribution in [-0.4, -0.2) is 62.2 Å². The molecule has 1 spiro atoms. The number of carbonyl (C=O) groups excluding carboxylic acids is 4. The maximum absolute atomic E-state index is 13.9. The molecule has 2 saturated heterocycles. The van der Waals surface area contributed by atoms with Crippen molar-refractivity contribution in [3.63, 3.8) is 0 Å². The third-order valence-corrected chi connectivity index (χ3v) is 10.7. The van der Waals surface area contributed by atoms with E-state index in [1.165, 1.54) is 0 Å². The molecule has 0 bridgehead atoms. The summed E-state index contributed by atoms with van der Waals surface area (Å²) in [4.78, 5) is 51.6. The van der Waals surface area contributed by atoms with Gasteiger partial charge in [-0.1, -0.05) is 13.8 Å². The molecule has 0 aromatic heterocycles. The predicted octanol–water partition coefficient (Wildman–Crippen LogP) is 2.32. The fraction of sp³-hybridized carbons (Fsp3) is 0.724. The van der Waals surface area contributed by atoms with Gasteiger partial charge in [-0.25, -0.2) is 4.79 Å². The summed E-state index contributed by atoms with van der Waals surface area (Å²) in [5.41, 5.74) is -5.78. The molecular formula is C29H36O9. The van der Waals surface area contributed by atoms with Gasteiger partial charge < -0.3 is 24.4 Å². The van der Waals surface area contributed by atoms with Gasteiger partial charge in [0.1, 0.15) is 28.8 Å². The topological polar surface area (TPSA) is 136 Å². The second kappa shape index (κ2) is 7.64. The second-order valence-corrected chi connectivity index (χ2v) is 13.3. The number of carbonyl (C=O) groups is 4. The number of ketones is 2. The van der Waals surface area contributed by atoms with Crippen molar-refractivity contribution in [2.45, 2.75) is 102 Å². The van der Waals surface area contributed by atoms with Crippen LogP contribution in [0.4, 0.5) is 0 Å². The Hall–Kier alpha value is -2.36. The summed E-state index contributed by atoms with van der Waals surface area (Å²) in [5, 5.41) is 24.3. The van der Waals surface area contributed by atoms with Crippen molar-refractivity contribution in [3.8, 4) is 0 Å². The van der Waals surface area contributed by atoms with Crippen LogP contribution in [0.1, 0.15) is 73.1 Å². The van der Waals surface area contributed by atoms with Crippen LogP contribution in [0, 0.1) is 29.1 Å². The van der Waals surface area contributed by atoms with E-state index in [1.807, 2.05) is 13.8 Å². The molecule has 38 heavy (non-hydrogen) atoms. The Balaban J connectivity index is 1.35. The van der Waals surface area contributed by atoms with Crippen molar-refractivity contribution in [1.29, 1.82) is 0 Å². The summed E-state index contributed by atoms with van der Waals surface area (Å²) in [5.74, 6) is -3.69. The fourth-order valence-corrected chi connectivity index (χ4v) is 9.15. The van der Waals surface area contributed by atoms with Crippen LogP contribution in [-0.2, 0) is 33.4 Å². The maximum Gasteiger partial charge on any atom is 0.339 e. The Kier molecular flexibility index (Phi) is 5.20. The van der Waals surface area contributed by atoms with E-state index in [2.05, 4.69) is 0 Å². The standard InChI is InChI=1S/C29H36O9/c1-14(8-16-9-15(2)24(33)36-16)23(32)26(5)12-20(30)29(35)18-7-6-17-25(3,4)37-21-10-22(31)38-28(17,21)13-27(18,34)11-19(26)29/h8-9,14,17-19,21,34-35H,6-7,10-13H2,1-5H3/b16-8+/t14-,17+,18-,19-,21-,26-,27+,28-,29+/m1/s1. The summed E-state index contributed by atoms with van der Waals surface area (Å²) in [6.45, 7) is 8.92. The molecule has 9 nitrogen and oxygen atoms in total. The third kappa shape index (κ3) is 3.15. The molecule has 6 rings (SSSR count). The number of fused-ring (bicyclic) bond motifs is 3. The summed E-state index contributed by atoms with van der Waals surface area (Å²) >= 11 is 0. The van der Waals surface area contributed by atoms with Gasteiger partial charge in [0.25, 0.3) is 0 Å². The molecule has 5 fully saturated rings. The molecule has 3 aliphatic heterocycles. The van der Waals surface area contributed by atoms with Gasteiger partial charge in [0, 0.05) is 47.5 Å². The van der Waals surface area contributed by atoms with E-state index >= 15 is 0 Å². The molecule has 3 saturated carbocycles. The van der Waals surface area contributed by atoms with Crippen LogP contribution >= 0.6 is 0 Å². The molecular weight excluding hydrogens is 492 g/mol. The smallest absolute Gasteiger partial charge is 0.339 e. The van der Waals surface area contributed by atoms with E-state index < -0.39 is 63.4 Å². The van der Waals surface area contributed by atoms with E-state index in [0.29, 0.717) is 18.4 Å². The van der Waals surface area contributed by atoms with Gasteiger partial charge in [0.05, 0.1) is 17.6 Å². The van der Waals surface area contributed by atoms with Crippen LogP contribution in [0.3, 0.4) is 0 Å². The molecule has 0 unspecified atom stereocenters. The highest BCUT2D eigenvalue weighted by Crippen LogP contribution is 2.68. The molecule has 0 amide bonds. The van der Waals surface area contributed by atoms with Gasteiger partial charge in [-0.05, 0) is 52.2 Å². The number of rotatable bonds is 3. The van der Waals surface area contributed by atoms with Gasteiger partial charge in [-0.3, -0.25) is 14.4 Å². The second-order valence-electron chi connectivity index (χ2n) is 13.3. The lowest BCUT2D eigenvalue weighted by atomic mass is 9.68. The van der Waals surface area contributed by atoms with Crippen molar-refractivity contribution in [2.75, 3.05) is 0 Å². The van der Waals surface area contributed by atoms with Crippen LogP contribution in [0.5, 0.6) is 0 Å². The average Bonchev–Trinajstić information content (AvgIpc) is 3.43. The Labute approximate surface area is 221 Å². The lowest BCUT2D eigenvalue weighted by Crippen LogP contribution is -2.52. The Morgan fingerprint density at radius 3 is 2.45 bits per heavy atom. The lowest BCUT2D eigenvalue weighted by Gasteiger charge is -2.39. The van der Waals surface area contributed by atoms with Gasteiger partial charge >= 0.3 is 11.9 Å². The van der Waals surface area contributed by atoms with E-state index in [0.717, 1.165) is 0 Å². The van der Waals surface area contributed by atoms with Gasteiger partial charge in [-0.2, -0.15) is 0 Å². The van der Waals surface area contributed by atoms with E-state index in [-0.39, 0.29) is 49.1 Å². The quantitative estimate of drug-likeness (QED) is 0.529. The molecule has 9 heteroatoms. The molecule has 9 atom stereocenters. The Morgan fingerprint density at radius 2 is 1.79 bits per heavy atom. The minimum atomic E-state index is -1.86. The van der Waals surface area contributed by atoms with Crippen molar-refractivity contribution >= 4 is 23.5 Å². The molecule has 6 aliphatic rings. The first-order chi connectivity index (χ1) is 17.6. The van der Waals surface area contributed by atoms with Gasteiger partial charge in [0.15, 0.2) is 5.78 Å². The Bertz CT molecular complexity index is 1230. The molecule has 0 aromatic carbocycles. The average molecular weight is 529 g/mol. The number of ether oxygens (including phenoxy) is 3. The zero-order valence-electron chi connectivity index (χ0n) is 22.5. The first kappa shape index (κ1) is 25.9. The van der Waals surface area contributed by atoms with Crippen molar-refractivity contribution in [3.05, 3.63) is 23.5 Å². The summed E-state index contributed by atoms with van der Waals surface area (Å²) in [6, 6.07) is 0. The zero-order valence-corrected chi connectivity index (χ0v) is 22.5. The first-order valence-electron chi connectivity index (χ1n) is 13.6. The summed E-state index contributed by atoms with van der Waals surface area (Å²) in [6.07, 6.45) is 3.57. The Morgan fingerprint density at radius 1 is 1.11 bits per heavy atom. The highest BCUT2D eigenvalue weighted by Gasteiger charge is 2.78. The predicted molar refractivity (Wildman–Crippen MR) is 131 cm³/mol. The zero-order chi connectivity index (χ0) is 27.6. The number of esters is 2. The number of hydrogen-bond donors (Lipinski definition) is 2. The van der Waals surface area contributed by atoms with Crippen molar-refractivity contribution in [2.24, 2.45) is 29.1 Å². The SMILES string of the molecule is CC1=C/C(=C\[C@@H](C)C(=O)[C@]2(C)CC(=O)[C@]3(O)[C@@H]4CC[C@H]5C(C)(C)O[C@@H]6CC(=O)O[C@@]65C[C@@]4(O)C[C@@H]32)OC1=O. The first-order valence-corrected chi connectivity index (χ1v) is 13.6. The van der Waals surface area contributed by atoms with Gasteiger partial charge in [-0.15, -0.1) is 0 Å². The van der Waals surface area contributed by atoms with Crippen molar-refractivity contribution < 1.29 is 43.6 Å². The van der Waals surface area contributed by atoms with E-state index in [9.17, 15) is 29.4 Å². The van der Waals surface area contributed by atoms with Crippen molar-refractivity contribution in [1.82, 2.24) is 0 Å². The summed E-state index contributed by atoms with van der Waals surface area (Å²) in [7, 11) is 0. The van der Waals surface area contributed by atoms with Crippen LogP contribution < -0.4 is 0 Å². The third-order valence-electron chi connectivity index (χ3n) is 10.7. The molecule has 0 radical (unpaired) electrons. The number of cyclic esters (lactones) is 1. The largest absolute Gasteiger partial charge is 0.456 e. The molecule has 2 N–H and O–H groups in total. The highest BCUT2D eigenvalue weighted by molar-refractivity contribution is 6.01. The maximum atomic E-state index is 13.9. The molecule has 3 aliphatic carbocycles. The van der Waals surface area contributed by atoms with Crippen LogP contribution in [0.2, 0.25) is 0 Å². The minimum absolute atomic E-state index is 0.0403. The van der Waals surface area contributed by atoms with E-state index in [4.69, 9.17) is 14.2 Å². The molecule has 206 valence electrons. The van der Waals surface area contributed by atoms with Crippen LogP contribution in [0.25, 0.3) is 0 Å². The lowest BCUT2D eigenvalue weighted by molar-refractivity contribution is -0.163. The van der Waals surface area contributed by atoms with Gasteiger partial charge in [0.2, 0.25) is 0 Å². The number of Topliss-reactive ketones (excluding diaryl/α,β-unsaturated/α-hetero) is 2. The molecule has 0 aromatic rings. The number of aliphatic hydroxyl groups is 2. The minimum Gasteiger partial charge on any atom is -0.456 e. The van der Waals surface area contributed by atoms with E-state index in [1.54, 1.807) is 32.9 Å². The number of hydrogen-bond acceptors (Lipinski definition) is 9. The fourth-order valence-electron chi connectivity index (χ4n) is 9.15. The monoisotopic (exact) mass is 528 g/mol. The number of allylic oxidation sites excluding steroid dienone is 2.